The number of hydrogen-bond acceptors (Lipinski definition) is 3. The van der Waals surface area contributed by atoms with Gasteiger partial charge in [-0.3, -0.25) is 4.99 Å². The van der Waals surface area contributed by atoms with E-state index in [4.69, 9.17) is 9.73 Å². The molecule has 0 radical (unpaired) electrons. The Kier molecular flexibility index (Phi) is 4.32. The Bertz CT molecular complexity index is 379. The number of amidine groups is 1. The summed E-state index contributed by atoms with van der Waals surface area (Å²) in [6.45, 7) is 7.52. The van der Waals surface area contributed by atoms with Crippen LogP contribution in [0, 0.1) is 11.3 Å². The van der Waals surface area contributed by atoms with E-state index in [1.54, 1.807) is 0 Å². The molecule has 0 aromatic heterocycles. The van der Waals surface area contributed by atoms with E-state index in [2.05, 4.69) is 19.2 Å². The first kappa shape index (κ1) is 14.7. The summed E-state index contributed by atoms with van der Waals surface area (Å²) in [5.41, 5.74) is 0.709. The maximum atomic E-state index is 5.47. The molecule has 2 heterocycles. The molecule has 1 saturated carbocycles. The van der Waals surface area contributed by atoms with Gasteiger partial charge in [0.1, 0.15) is 0 Å². The lowest BCUT2D eigenvalue weighted by Gasteiger charge is -2.36. The molecule has 3 nitrogen and oxygen atoms in total. The van der Waals surface area contributed by atoms with Crippen LogP contribution in [0.1, 0.15) is 52.4 Å². The third kappa shape index (κ3) is 3.33. The zero-order chi connectivity index (χ0) is 14.1. The van der Waals surface area contributed by atoms with E-state index in [0.29, 0.717) is 11.0 Å². The van der Waals surface area contributed by atoms with Crippen molar-refractivity contribution in [1.29, 1.82) is 0 Å². The Morgan fingerprint density at radius 3 is 2.90 bits per heavy atom. The molecule has 3 rings (SSSR count). The van der Waals surface area contributed by atoms with Crippen molar-refractivity contribution in [2.24, 2.45) is 16.3 Å². The Morgan fingerprint density at radius 1 is 1.35 bits per heavy atom. The second-order valence-electron chi connectivity index (χ2n) is 7.44. The minimum absolute atomic E-state index is 0.350. The third-order valence-electron chi connectivity index (χ3n) is 5.25. The average Bonchev–Trinajstić information content (AvgIpc) is 2.80. The third-order valence-corrected chi connectivity index (χ3v) is 6.45. The first-order valence-electron chi connectivity index (χ1n) is 8.13. The fourth-order valence-corrected chi connectivity index (χ4v) is 4.97. The molecule has 3 fully saturated rings. The van der Waals surface area contributed by atoms with Crippen LogP contribution in [-0.4, -0.2) is 36.2 Å². The Labute approximate surface area is 127 Å². The molecule has 2 aliphatic heterocycles. The highest BCUT2D eigenvalue weighted by atomic mass is 32.2. The number of thioether (sulfide) groups is 1. The van der Waals surface area contributed by atoms with Gasteiger partial charge in [-0.25, -0.2) is 0 Å². The van der Waals surface area contributed by atoms with Crippen LogP contribution in [0.2, 0.25) is 0 Å². The molecule has 4 heteroatoms. The van der Waals surface area contributed by atoms with E-state index >= 15 is 0 Å². The van der Waals surface area contributed by atoms with Gasteiger partial charge in [-0.1, -0.05) is 38.5 Å². The Morgan fingerprint density at radius 2 is 2.15 bits per heavy atom. The van der Waals surface area contributed by atoms with Gasteiger partial charge in [0, 0.05) is 31.1 Å². The predicted octanol–water partition coefficient (Wildman–Crippen LogP) is 3.44. The predicted molar refractivity (Wildman–Crippen MR) is 86.4 cm³/mol. The van der Waals surface area contributed by atoms with Crippen LogP contribution in [0.5, 0.6) is 0 Å². The smallest absolute Gasteiger partial charge is 0.157 e. The summed E-state index contributed by atoms with van der Waals surface area (Å²) in [4.78, 5) is 4.91. The van der Waals surface area contributed by atoms with Gasteiger partial charge in [0.25, 0.3) is 0 Å². The maximum Gasteiger partial charge on any atom is 0.157 e. The van der Waals surface area contributed by atoms with E-state index < -0.39 is 0 Å². The minimum atomic E-state index is 0.350. The van der Waals surface area contributed by atoms with Crippen molar-refractivity contribution in [3.8, 4) is 0 Å². The van der Waals surface area contributed by atoms with Crippen LogP contribution < -0.4 is 5.32 Å². The lowest BCUT2D eigenvalue weighted by molar-refractivity contribution is 0.0283. The number of aliphatic imine (C=N–C) groups is 1. The summed E-state index contributed by atoms with van der Waals surface area (Å²) in [5.74, 6) is 2.08. The van der Waals surface area contributed by atoms with E-state index in [-0.39, 0.29) is 0 Å². The summed E-state index contributed by atoms with van der Waals surface area (Å²) in [6.07, 6.45) is 7.72. The average molecular weight is 296 g/mol. The van der Waals surface area contributed by atoms with E-state index in [1.807, 2.05) is 11.8 Å². The van der Waals surface area contributed by atoms with E-state index in [0.717, 1.165) is 38.5 Å². The van der Waals surface area contributed by atoms with E-state index in [9.17, 15) is 0 Å². The normalized spacial score (nSPS) is 39.1. The van der Waals surface area contributed by atoms with Crippen molar-refractivity contribution in [3.63, 3.8) is 0 Å². The SMILES string of the molecule is CC1CCCC2(CSC(=NCC3(C)CCOCC3)N2)C1. The molecular weight excluding hydrogens is 268 g/mol. The molecule has 20 heavy (non-hydrogen) atoms. The summed E-state index contributed by atoms with van der Waals surface area (Å²) < 4.78 is 5.47. The molecule has 0 amide bonds. The number of nitrogens with zero attached hydrogens (tertiary/aromatic N) is 1. The molecule has 2 unspecified atom stereocenters. The molecule has 1 spiro atoms. The molecule has 2 atom stereocenters. The highest BCUT2D eigenvalue weighted by Crippen LogP contribution is 2.39. The Hall–Kier alpha value is -0.220. The lowest BCUT2D eigenvalue weighted by atomic mass is 9.78. The van der Waals surface area contributed by atoms with Gasteiger partial charge in [-0.15, -0.1) is 0 Å². The molecule has 1 aliphatic carbocycles. The van der Waals surface area contributed by atoms with Gasteiger partial charge < -0.3 is 10.1 Å². The van der Waals surface area contributed by atoms with Crippen LogP contribution in [0.15, 0.2) is 4.99 Å². The molecule has 2 saturated heterocycles. The fourth-order valence-electron chi connectivity index (χ4n) is 3.78. The zero-order valence-electron chi connectivity index (χ0n) is 12.9. The maximum absolute atomic E-state index is 5.47. The van der Waals surface area contributed by atoms with Crippen molar-refractivity contribution in [2.45, 2.75) is 57.9 Å². The number of ether oxygens (including phenoxy) is 1. The molecule has 3 aliphatic rings. The van der Waals surface area contributed by atoms with Crippen molar-refractivity contribution in [3.05, 3.63) is 0 Å². The molecule has 0 bridgehead atoms. The molecular formula is C16H28N2OS. The quantitative estimate of drug-likeness (QED) is 0.847. The van der Waals surface area contributed by atoms with Crippen molar-refractivity contribution >= 4 is 16.9 Å². The summed E-state index contributed by atoms with van der Waals surface area (Å²) in [7, 11) is 0. The molecule has 114 valence electrons. The van der Waals surface area contributed by atoms with Crippen molar-refractivity contribution in [2.75, 3.05) is 25.5 Å². The van der Waals surface area contributed by atoms with Gasteiger partial charge in [0.2, 0.25) is 0 Å². The first-order valence-corrected chi connectivity index (χ1v) is 9.11. The topological polar surface area (TPSA) is 33.6 Å². The molecule has 0 aromatic rings. The summed E-state index contributed by atoms with van der Waals surface area (Å²) in [6, 6.07) is 0. The largest absolute Gasteiger partial charge is 0.381 e. The molecule has 0 aromatic carbocycles. The second-order valence-corrected chi connectivity index (χ2v) is 8.40. The van der Waals surface area contributed by atoms with Gasteiger partial charge >= 0.3 is 0 Å². The molecule has 1 N–H and O–H groups in total. The van der Waals surface area contributed by atoms with Crippen LogP contribution >= 0.6 is 11.8 Å². The van der Waals surface area contributed by atoms with E-state index in [1.165, 1.54) is 36.6 Å². The Balaban J connectivity index is 1.57. The standard InChI is InChI=1S/C16H28N2OS/c1-13-4-3-5-16(10-13)12-20-14(18-16)17-11-15(2)6-8-19-9-7-15/h13H,3-12H2,1-2H3,(H,17,18). The van der Waals surface area contributed by atoms with Gasteiger partial charge in [-0.2, -0.15) is 0 Å². The zero-order valence-corrected chi connectivity index (χ0v) is 13.7. The van der Waals surface area contributed by atoms with Crippen LogP contribution in [0.25, 0.3) is 0 Å². The van der Waals surface area contributed by atoms with Gasteiger partial charge in [0.05, 0.1) is 0 Å². The second kappa shape index (κ2) is 5.88. The number of nitrogens with one attached hydrogen (secondary N) is 1. The van der Waals surface area contributed by atoms with Gasteiger partial charge in [0.15, 0.2) is 5.17 Å². The van der Waals surface area contributed by atoms with Crippen molar-refractivity contribution in [1.82, 2.24) is 5.32 Å². The van der Waals surface area contributed by atoms with Crippen LogP contribution in [0.3, 0.4) is 0 Å². The first-order chi connectivity index (χ1) is 9.59. The fraction of sp³-hybridized carbons (Fsp3) is 0.938. The summed E-state index contributed by atoms with van der Waals surface area (Å²) in [5, 5.41) is 4.98. The highest BCUT2D eigenvalue weighted by molar-refractivity contribution is 8.14. The lowest BCUT2D eigenvalue weighted by Crippen LogP contribution is -2.47. The van der Waals surface area contributed by atoms with Crippen molar-refractivity contribution < 1.29 is 4.74 Å². The number of hydrogen-bond donors (Lipinski definition) is 1. The van der Waals surface area contributed by atoms with Gasteiger partial charge in [-0.05, 0) is 37.0 Å². The highest BCUT2D eigenvalue weighted by Gasteiger charge is 2.40. The monoisotopic (exact) mass is 296 g/mol. The minimum Gasteiger partial charge on any atom is -0.381 e. The van der Waals surface area contributed by atoms with Crippen LogP contribution in [0.4, 0.5) is 0 Å². The van der Waals surface area contributed by atoms with Crippen LogP contribution in [-0.2, 0) is 4.74 Å². The summed E-state index contributed by atoms with van der Waals surface area (Å²) >= 11 is 1.94. The number of rotatable bonds is 2.